The van der Waals surface area contributed by atoms with Gasteiger partial charge in [-0.2, -0.15) is 0 Å². The zero-order valence-electron chi connectivity index (χ0n) is 11.1. The first-order chi connectivity index (χ1) is 8.72. The SMILES string of the molecule is COCCNc1nc(C)cn1-c1ccccc1C. The molecular weight excluding hydrogens is 226 g/mol. The number of anilines is 1. The van der Waals surface area contributed by atoms with Gasteiger partial charge < -0.3 is 10.1 Å². The van der Waals surface area contributed by atoms with Gasteiger partial charge in [0.25, 0.3) is 0 Å². The van der Waals surface area contributed by atoms with E-state index in [0.29, 0.717) is 6.61 Å². The molecule has 2 aromatic rings. The van der Waals surface area contributed by atoms with Gasteiger partial charge in [0.1, 0.15) is 0 Å². The van der Waals surface area contributed by atoms with Crippen LogP contribution in [-0.4, -0.2) is 29.8 Å². The summed E-state index contributed by atoms with van der Waals surface area (Å²) in [5, 5.41) is 3.29. The molecule has 0 saturated heterocycles. The standard InChI is InChI=1S/C14H19N3O/c1-11-6-4-5-7-13(11)17-10-12(2)16-14(17)15-8-9-18-3/h4-7,10H,8-9H2,1-3H3,(H,15,16). The molecule has 4 heteroatoms. The number of nitrogens with one attached hydrogen (secondary N) is 1. The summed E-state index contributed by atoms with van der Waals surface area (Å²) in [6.45, 7) is 5.51. The molecule has 0 atom stereocenters. The highest BCUT2D eigenvalue weighted by molar-refractivity contribution is 5.47. The number of aryl methyl sites for hydroxylation is 2. The van der Waals surface area contributed by atoms with Crippen LogP contribution >= 0.6 is 0 Å². The first-order valence-corrected chi connectivity index (χ1v) is 6.07. The average molecular weight is 245 g/mol. The van der Waals surface area contributed by atoms with E-state index in [-0.39, 0.29) is 0 Å². The van der Waals surface area contributed by atoms with Gasteiger partial charge in [-0.3, -0.25) is 4.57 Å². The Balaban J connectivity index is 2.30. The van der Waals surface area contributed by atoms with Gasteiger partial charge >= 0.3 is 0 Å². The number of rotatable bonds is 5. The molecule has 1 heterocycles. The van der Waals surface area contributed by atoms with Crippen molar-refractivity contribution < 1.29 is 4.74 Å². The molecule has 0 radical (unpaired) electrons. The van der Waals surface area contributed by atoms with Crippen molar-refractivity contribution in [1.82, 2.24) is 9.55 Å². The highest BCUT2D eigenvalue weighted by atomic mass is 16.5. The van der Waals surface area contributed by atoms with E-state index in [4.69, 9.17) is 4.74 Å². The highest BCUT2D eigenvalue weighted by Gasteiger charge is 2.08. The summed E-state index contributed by atoms with van der Waals surface area (Å²) in [6, 6.07) is 8.28. The van der Waals surface area contributed by atoms with Crippen LogP contribution < -0.4 is 5.32 Å². The summed E-state index contributed by atoms with van der Waals surface area (Å²) in [4.78, 5) is 4.50. The molecule has 0 amide bonds. The Labute approximate surface area is 108 Å². The fourth-order valence-corrected chi connectivity index (χ4v) is 1.90. The molecule has 0 aliphatic rings. The Morgan fingerprint density at radius 2 is 2.06 bits per heavy atom. The second-order valence-electron chi connectivity index (χ2n) is 4.28. The zero-order valence-corrected chi connectivity index (χ0v) is 11.1. The third kappa shape index (κ3) is 2.71. The maximum absolute atomic E-state index is 5.04. The van der Waals surface area contributed by atoms with Crippen LogP contribution in [0.4, 0.5) is 5.95 Å². The number of benzene rings is 1. The van der Waals surface area contributed by atoms with Crippen LogP contribution in [0.1, 0.15) is 11.3 Å². The van der Waals surface area contributed by atoms with E-state index >= 15 is 0 Å². The third-order valence-corrected chi connectivity index (χ3v) is 2.79. The van der Waals surface area contributed by atoms with Gasteiger partial charge in [0.2, 0.25) is 5.95 Å². The monoisotopic (exact) mass is 245 g/mol. The molecule has 4 nitrogen and oxygen atoms in total. The molecule has 0 unspecified atom stereocenters. The Morgan fingerprint density at radius 1 is 1.28 bits per heavy atom. The van der Waals surface area contributed by atoms with Gasteiger partial charge in [0.15, 0.2) is 0 Å². The van der Waals surface area contributed by atoms with Gasteiger partial charge in [-0.15, -0.1) is 0 Å². The Hall–Kier alpha value is -1.81. The highest BCUT2D eigenvalue weighted by Crippen LogP contribution is 2.19. The molecule has 1 aromatic heterocycles. The molecule has 0 bridgehead atoms. The molecule has 1 N–H and O–H groups in total. The van der Waals surface area contributed by atoms with Crippen LogP contribution in [0.15, 0.2) is 30.5 Å². The van der Waals surface area contributed by atoms with Crippen molar-refractivity contribution in [2.75, 3.05) is 25.6 Å². The second kappa shape index (κ2) is 5.69. The summed E-state index contributed by atoms with van der Waals surface area (Å²) < 4.78 is 7.12. The van der Waals surface area contributed by atoms with Crippen molar-refractivity contribution in [2.45, 2.75) is 13.8 Å². The Morgan fingerprint density at radius 3 is 2.78 bits per heavy atom. The fourth-order valence-electron chi connectivity index (χ4n) is 1.90. The number of methoxy groups -OCH3 is 1. The molecule has 18 heavy (non-hydrogen) atoms. The van der Waals surface area contributed by atoms with E-state index < -0.39 is 0 Å². The first kappa shape index (κ1) is 12.6. The molecule has 0 spiro atoms. The minimum Gasteiger partial charge on any atom is -0.383 e. The normalized spacial score (nSPS) is 10.6. The van der Waals surface area contributed by atoms with Crippen LogP contribution in [0.2, 0.25) is 0 Å². The summed E-state index contributed by atoms with van der Waals surface area (Å²) >= 11 is 0. The number of imidazole rings is 1. The van der Waals surface area contributed by atoms with Crippen LogP contribution in [0.3, 0.4) is 0 Å². The molecule has 2 rings (SSSR count). The van der Waals surface area contributed by atoms with Gasteiger partial charge in [-0.1, -0.05) is 18.2 Å². The number of para-hydroxylation sites is 1. The molecule has 0 aliphatic carbocycles. The summed E-state index contributed by atoms with van der Waals surface area (Å²) in [6.07, 6.45) is 2.04. The van der Waals surface area contributed by atoms with Gasteiger partial charge in [-0.05, 0) is 25.5 Å². The lowest BCUT2D eigenvalue weighted by Gasteiger charge is -2.11. The zero-order chi connectivity index (χ0) is 13.0. The number of nitrogens with zero attached hydrogens (tertiary/aromatic N) is 2. The lowest BCUT2D eigenvalue weighted by atomic mass is 10.2. The van der Waals surface area contributed by atoms with E-state index in [0.717, 1.165) is 23.9 Å². The molecule has 0 aliphatic heterocycles. The van der Waals surface area contributed by atoms with E-state index in [1.54, 1.807) is 7.11 Å². The summed E-state index contributed by atoms with van der Waals surface area (Å²) in [7, 11) is 1.70. The minimum atomic E-state index is 0.666. The number of hydrogen-bond acceptors (Lipinski definition) is 3. The van der Waals surface area contributed by atoms with Crippen LogP contribution in [0.25, 0.3) is 5.69 Å². The quantitative estimate of drug-likeness (QED) is 0.823. The van der Waals surface area contributed by atoms with Gasteiger partial charge in [-0.25, -0.2) is 4.98 Å². The molecular formula is C14H19N3O. The topological polar surface area (TPSA) is 39.1 Å². The lowest BCUT2D eigenvalue weighted by molar-refractivity contribution is 0.210. The van der Waals surface area contributed by atoms with Crippen molar-refractivity contribution in [2.24, 2.45) is 0 Å². The van der Waals surface area contributed by atoms with E-state index in [2.05, 4.69) is 33.9 Å². The maximum atomic E-state index is 5.04. The number of aromatic nitrogens is 2. The first-order valence-electron chi connectivity index (χ1n) is 6.07. The fraction of sp³-hybridized carbons (Fsp3) is 0.357. The van der Waals surface area contributed by atoms with Crippen molar-refractivity contribution in [1.29, 1.82) is 0 Å². The van der Waals surface area contributed by atoms with Gasteiger partial charge in [0.05, 0.1) is 18.0 Å². The predicted molar refractivity (Wildman–Crippen MR) is 73.4 cm³/mol. The summed E-state index contributed by atoms with van der Waals surface area (Å²) in [5.41, 5.74) is 3.38. The van der Waals surface area contributed by atoms with Crippen molar-refractivity contribution in [3.05, 3.63) is 41.7 Å². The van der Waals surface area contributed by atoms with Crippen LogP contribution in [-0.2, 0) is 4.74 Å². The smallest absolute Gasteiger partial charge is 0.207 e. The predicted octanol–water partition coefficient (Wildman–Crippen LogP) is 2.55. The Kier molecular flexibility index (Phi) is 3.99. The third-order valence-electron chi connectivity index (χ3n) is 2.79. The minimum absolute atomic E-state index is 0.666. The average Bonchev–Trinajstić information content (AvgIpc) is 2.71. The molecule has 96 valence electrons. The molecule has 0 saturated carbocycles. The van der Waals surface area contributed by atoms with Crippen LogP contribution in [0.5, 0.6) is 0 Å². The van der Waals surface area contributed by atoms with E-state index in [9.17, 15) is 0 Å². The van der Waals surface area contributed by atoms with E-state index in [1.165, 1.54) is 5.56 Å². The largest absolute Gasteiger partial charge is 0.383 e. The van der Waals surface area contributed by atoms with E-state index in [1.807, 2.05) is 25.3 Å². The van der Waals surface area contributed by atoms with Crippen LogP contribution in [0, 0.1) is 13.8 Å². The van der Waals surface area contributed by atoms with Gasteiger partial charge in [0, 0.05) is 19.9 Å². The summed E-state index contributed by atoms with van der Waals surface area (Å²) in [5.74, 6) is 0.860. The molecule has 0 fully saturated rings. The van der Waals surface area contributed by atoms with Crippen molar-refractivity contribution >= 4 is 5.95 Å². The van der Waals surface area contributed by atoms with Crippen molar-refractivity contribution in [3.8, 4) is 5.69 Å². The number of hydrogen-bond donors (Lipinski definition) is 1. The molecule has 1 aromatic carbocycles. The lowest BCUT2D eigenvalue weighted by Crippen LogP contribution is -2.12. The number of ether oxygens (including phenoxy) is 1. The maximum Gasteiger partial charge on any atom is 0.207 e. The Bertz CT molecular complexity index is 520. The van der Waals surface area contributed by atoms with Crippen molar-refractivity contribution in [3.63, 3.8) is 0 Å². The second-order valence-corrected chi connectivity index (χ2v) is 4.28.